The van der Waals surface area contributed by atoms with Crippen LogP contribution in [0.5, 0.6) is 0 Å². The highest BCUT2D eigenvalue weighted by Crippen LogP contribution is 2.18. The van der Waals surface area contributed by atoms with Gasteiger partial charge in [0.2, 0.25) is 11.8 Å². The van der Waals surface area contributed by atoms with Gasteiger partial charge in [-0.05, 0) is 12.0 Å². The first-order valence-corrected chi connectivity index (χ1v) is 6.75. The molecule has 0 aliphatic carbocycles. The van der Waals surface area contributed by atoms with Crippen LogP contribution in [0.3, 0.4) is 0 Å². The van der Waals surface area contributed by atoms with Crippen LogP contribution in [0.25, 0.3) is 0 Å². The highest BCUT2D eigenvalue weighted by Gasteiger charge is 2.30. The molecule has 0 bridgehead atoms. The van der Waals surface area contributed by atoms with Gasteiger partial charge in [-0.1, -0.05) is 58.0 Å². The van der Waals surface area contributed by atoms with Crippen molar-refractivity contribution in [2.75, 3.05) is 6.54 Å². The second-order valence-corrected chi connectivity index (χ2v) is 5.69. The summed E-state index contributed by atoms with van der Waals surface area (Å²) in [6.45, 7) is 7.76. The first-order chi connectivity index (χ1) is 8.86. The molecule has 0 fully saturated rings. The van der Waals surface area contributed by atoms with Crippen LogP contribution in [0, 0.1) is 5.41 Å². The molecule has 1 rings (SSSR count). The van der Waals surface area contributed by atoms with Gasteiger partial charge in [0.05, 0.1) is 0 Å². The summed E-state index contributed by atoms with van der Waals surface area (Å²) in [5.41, 5.74) is 0.611. The largest absolute Gasteiger partial charge is 0.282 e. The number of benzene rings is 1. The highest BCUT2D eigenvalue weighted by atomic mass is 16.2. The maximum Gasteiger partial charge on any atom is 0.234 e. The van der Waals surface area contributed by atoms with Gasteiger partial charge in [0.1, 0.15) is 0 Å². The van der Waals surface area contributed by atoms with Crippen LogP contribution in [0.4, 0.5) is 0 Å². The van der Waals surface area contributed by atoms with E-state index in [0.29, 0.717) is 19.4 Å². The third kappa shape index (κ3) is 4.51. The van der Waals surface area contributed by atoms with Crippen LogP contribution in [0.15, 0.2) is 30.3 Å². The predicted octanol–water partition coefficient (Wildman–Crippen LogP) is 3.04. The van der Waals surface area contributed by atoms with E-state index in [-0.39, 0.29) is 11.8 Å². The second-order valence-electron chi connectivity index (χ2n) is 5.69. The van der Waals surface area contributed by atoms with Crippen molar-refractivity contribution in [3.63, 3.8) is 0 Å². The van der Waals surface area contributed by atoms with Crippen molar-refractivity contribution in [3.05, 3.63) is 35.9 Å². The summed E-state index contributed by atoms with van der Waals surface area (Å²) in [6, 6.07) is 9.91. The molecule has 0 heterocycles. The molecule has 19 heavy (non-hydrogen) atoms. The van der Waals surface area contributed by atoms with Gasteiger partial charge in [-0.3, -0.25) is 14.5 Å². The minimum atomic E-state index is -0.526. The zero-order chi connectivity index (χ0) is 14.5. The van der Waals surface area contributed by atoms with Crippen molar-refractivity contribution in [1.82, 2.24) is 4.90 Å². The molecular weight excluding hydrogens is 238 g/mol. The highest BCUT2D eigenvalue weighted by molar-refractivity contribution is 5.97. The summed E-state index contributed by atoms with van der Waals surface area (Å²) in [7, 11) is 0. The van der Waals surface area contributed by atoms with Crippen molar-refractivity contribution < 1.29 is 9.59 Å². The lowest BCUT2D eigenvalue weighted by Crippen LogP contribution is -2.44. The SMILES string of the molecule is CCC(=O)N(CCc1ccccc1)C(=O)C(C)(C)C. The van der Waals surface area contributed by atoms with Gasteiger partial charge in [-0.25, -0.2) is 0 Å². The zero-order valence-corrected chi connectivity index (χ0v) is 12.3. The Balaban J connectivity index is 2.76. The number of rotatable bonds is 4. The number of amides is 2. The molecule has 2 amide bonds. The molecule has 104 valence electrons. The number of hydrogen-bond acceptors (Lipinski definition) is 2. The summed E-state index contributed by atoms with van der Waals surface area (Å²) in [6.07, 6.45) is 1.06. The molecule has 0 atom stereocenters. The molecule has 0 aliphatic heterocycles. The second kappa shape index (κ2) is 6.50. The topological polar surface area (TPSA) is 37.4 Å². The van der Waals surface area contributed by atoms with E-state index in [1.54, 1.807) is 6.92 Å². The lowest BCUT2D eigenvalue weighted by atomic mass is 9.94. The molecule has 0 aliphatic rings. The fourth-order valence-corrected chi connectivity index (χ4v) is 1.82. The Morgan fingerprint density at radius 1 is 1.11 bits per heavy atom. The minimum absolute atomic E-state index is 0.101. The van der Waals surface area contributed by atoms with Crippen molar-refractivity contribution in [1.29, 1.82) is 0 Å². The third-order valence-corrected chi connectivity index (χ3v) is 2.96. The summed E-state index contributed by atoms with van der Waals surface area (Å²) in [4.78, 5) is 25.6. The standard InChI is InChI=1S/C16H23NO2/c1-5-14(18)17(15(19)16(2,3)4)12-11-13-9-7-6-8-10-13/h6-10H,5,11-12H2,1-4H3. The Kier molecular flexibility index (Phi) is 5.28. The number of carbonyl (C=O) groups is 2. The van der Waals surface area contributed by atoms with Crippen LogP contribution < -0.4 is 0 Å². The zero-order valence-electron chi connectivity index (χ0n) is 12.3. The van der Waals surface area contributed by atoms with Gasteiger partial charge in [-0.2, -0.15) is 0 Å². The Labute approximate surface area is 115 Å². The summed E-state index contributed by atoms with van der Waals surface area (Å²) < 4.78 is 0. The van der Waals surface area contributed by atoms with Crippen LogP contribution in [-0.4, -0.2) is 23.3 Å². The fourth-order valence-electron chi connectivity index (χ4n) is 1.82. The Morgan fingerprint density at radius 3 is 2.16 bits per heavy atom. The quantitative estimate of drug-likeness (QED) is 0.835. The number of carbonyl (C=O) groups excluding carboxylic acids is 2. The van der Waals surface area contributed by atoms with Gasteiger partial charge >= 0.3 is 0 Å². The molecule has 3 nitrogen and oxygen atoms in total. The van der Waals surface area contributed by atoms with Crippen molar-refractivity contribution >= 4 is 11.8 Å². The fraction of sp³-hybridized carbons (Fsp3) is 0.500. The van der Waals surface area contributed by atoms with E-state index in [9.17, 15) is 9.59 Å². The van der Waals surface area contributed by atoms with Crippen LogP contribution >= 0.6 is 0 Å². The summed E-state index contributed by atoms with van der Waals surface area (Å²) >= 11 is 0. The van der Waals surface area contributed by atoms with E-state index >= 15 is 0 Å². The summed E-state index contributed by atoms with van der Waals surface area (Å²) in [5, 5.41) is 0. The molecule has 0 radical (unpaired) electrons. The monoisotopic (exact) mass is 261 g/mol. The molecule has 0 unspecified atom stereocenters. The van der Waals surface area contributed by atoms with Crippen LogP contribution in [0.1, 0.15) is 39.7 Å². The third-order valence-electron chi connectivity index (χ3n) is 2.96. The van der Waals surface area contributed by atoms with Crippen molar-refractivity contribution in [2.45, 2.75) is 40.5 Å². The van der Waals surface area contributed by atoms with Crippen LogP contribution in [-0.2, 0) is 16.0 Å². The minimum Gasteiger partial charge on any atom is -0.282 e. The van der Waals surface area contributed by atoms with Gasteiger partial charge in [0.15, 0.2) is 0 Å². The lowest BCUT2D eigenvalue weighted by molar-refractivity contribution is -0.150. The van der Waals surface area contributed by atoms with E-state index in [1.807, 2.05) is 51.1 Å². The molecule has 0 spiro atoms. The molecule has 0 saturated carbocycles. The van der Waals surface area contributed by atoms with E-state index in [2.05, 4.69) is 0 Å². The molecule has 0 N–H and O–H groups in total. The Bertz CT molecular complexity index is 432. The molecule has 0 saturated heterocycles. The summed E-state index contributed by atoms with van der Waals surface area (Å²) in [5.74, 6) is -0.203. The van der Waals surface area contributed by atoms with E-state index in [4.69, 9.17) is 0 Å². The maximum absolute atomic E-state index is 12.3. The molecule has 3 heteroatoms. The predicted molar refractivity (Wildman–Crippen MR) is 76.6 cm³/mol. The molecule has 1 aromatic rings. The molecule has 0 aromatic heterocycles. The Hall–Kier alpha value is -1.64. The van der Waals surface area contributed by atoms with Gasteiger partial charge in [0.25, 0.3) is 0 Å². The smallest absolute Gasteiger partial charge is 0.234 e. The van der Waals surface area contributed by atoms with Gasteiger partial charge in [0, 0.05) is 18.4 Å². The maximum atomic E-state index is 12.3. The Morgan fingerprint density at radius 2 is 1.68 bits per heavy atom. The van der Waals surface area contributed by atoms with Gasteiger partial charge in [-0.15, -0.1) is 0 Å². The molecular formula is C16H23NO2. The van der Waals surface area contributed by atoms with Crippen LogP contribution in [0.2, 0.25) is 0 Å². The van der Waals surface area contributed by atoms with E-state index < -0.39 is 5.41 Å². The first-order valence-electron chi connectivity index (χ1n) is 6.75. The van der Waals surface area contributed by atoms with E-state index in [0.717, 1.165) is 5.56 Å². The first kappa shape index (κ1) is 15.4. The van der Waals surface area contributed by atoms with E-state index in [1.165, 1.54) is 4.90 Å². The normalized spacial score (nSPS) is 11.2. The number of hydrogen-bond donors (Lipinski definition) is 0. The molecule has 1 aromatic carbocycles. The average molecular weight is 261 g/mol. The average Bonchev–Trinajstić information content (AvgIpc) is 2.38. The number of imide groups is 1. The number of nitrogens with zero attached hydrogens (tertiary/aromatic N) is 1. The van der Waals surface area contributed by atoms with Gasteiger partial charge < -0.3 is 0 Å². The van der Waals surface area contributed by atoms with Crippen molar-refractivity contribution in [3.8, 4) is 0 Å². The van der Waals surface area contributed by atoms with Crippen molar-refractivity contribution in [2.24, 2.45) is 5.41 Å². The lowest BCUT2D eigenvalue weighted by Gasteiger charge is -2.27.